The predicted molar refractivity (Wildman–Crippen MR) is 36.3 cm³/mol. The van der Waals surface area contributed by atoms with E-state index in [0.717, 1.165) is 19.3 Å². The average Bonchev–Trinajstić information content (AvgIpc) is 1.82. The molecule has 0 bridgehead atoms. The molecule has 0 amide bonds. The summed E-state index contributed by atoms with van der Waals surface area (Å²) in [6.07, 6.45) is 2.91. The van der Waals surface area contributed by atoms with Gasteiger partial charge in [0, 0.05) is 18.6 Å². The van der Waals surface area contributed by atoms with Gasteiger partial charge in [-0.3, -0.25) is 4.79 Å². The van der Waals surface area contributed by atoms with Crippen molar-refractivity contribution in [3.63, 3.8) is 0 Å². The maximum atomic E-state index is 10.2. The van der Waals surface area contributed by atoms with Crippen molar-refractivity contribution in [2.24, 2.45) is 5.92 Å². The second kappa shape index (κ2) is 7.16. The molecule has 1 unspecified atom stereocenters. The summed E-state index contributed by atoms with van der Waals surface area (Å²) in [6, 6.07) is 0. The van der Waals surface area contributed by atoms with Crippen molar-refractivity contribution in [2.45, 2.75) is 33.1 Å². The van der Waals surface area contributed by atoms with Crippen LogP contribution in [0.2, 0.25) is 0 Å². The zero-order chi connectivity index (χ0) is 7.28. The molecule has 0 aliphatic rings. The number of rotatable bonds is 4. The normalized spacial score (nSPS) is 11.8. The molecule has 1 atom stereocenters. The predicted octanol–water partition coefficient (Wildman–Crippen LogP) is 1.89. The second-order valence-corrected chi connectivity index (χ2v) is 2.38. The first-order valence-corrected chi connectivity index (χ1v) is 3.41. The molecule has 2 nitrogen and oxygen atoms in total. The van der Waals surface area contributed by atoms with Gasteiger partial charge in [-0.2, -0.15) is 0 Å². The zero-order valence-corrected chi connectivity index (χ0v) is 7.90. The van der Waals surface area contributed by atoms with E-state index < -0.39 is 5.97 Å². The number of hydrogen-bond donors (Lipinski definition) is 1. The molecule has 0 spiro atoms. The summed E-state index contributed by atoms with van der Waals surface area (Å²) in [6.45, 7) is 3.81. The Kier molecular flexibility index (Phi) is 9.10. The third-order valence-electron chi connectivity index (χ3n) is 1.41. The van der Waals surface area contributed by atoms with Gasteiger partial charge in [-0.15, -0.1) is 0 Å². The van der Waals surface area contributed by atoms with Crippen molar-refractivity contribution in [1.82, 2.24) is 0 Å². The smallest absolute Gasteiger partial charge is 0.306 e. The van der Waals surface area contributed by atoms with Crippen LogP contribution in [0.4, 0.5) is 0 Å². The van der Waals surface area contributed by atoms with Gasteiger partial charge in [-0.1, -0.05) is 26.7 Å². The Morgan fingerprint density at radius 2 is 2.10 bits per heavy atom. The second-order valence-electron chi connectivity index (χ2n) is 2.38. The first kappa shape index (κ1) is 12.7. The summed E-state index contributed by atoms with van der Waals surface area (Å²) < 4.78 is 0. The molecule has 0 saturated carbocycles. The Morgan fingerprint density at radius 1 is 1.60 bits per heavy atom. The van der Waals surface area contributed by atoms with E-state index in [1.54, 1.807) is 6.92 Å². The first-order valence-electron chi connectivity index (χ1n) is 3.41. The van der Waals surface area contributed by atoms with Crippen LogP contribution in [0, 0.1) is 5.92 Å². The molecule has 0 heterocycles. The monoisotopic (exact) mass is 181 g/mol. The quantitative estimate of drug-likeness (QED) is 0.719. The van der Waals surface area contributed by atoms with E-state index in [4.69, 9.17) is 5.11 Å². The van der Waals surface area contributed by atoms with Crippen LogP contribution in [0.1, 0.15) is 33.1 Å². The van der Waals surface area contributed by atoms with Crippen LogP contribution < -0.4 is 0 Å². The molecule has 3 heteroatoms. The van der Waals surface area contributed by atoms with E-state index in [0.29, 0.717) is 0 Å². The van der Waals surface area contributed by atoms with Gasteiger partial charge in [0.1, 0.15) is 0 Å². The minimum Gasteiger partial charge on any atom is -0.481 e. The Morgan fingerprint density at radius 3 is 2.40 bits per heavy atom. The minimum atomic E-state index is -0.677. The van der Waals surface area contributed by atoms with Crippen molar-refractivity contribution in [1.29, 1.82) is 0 Å². The molecule has 0 aromatic rings. The fourth-order valence-corrected chi connectivity index (χ4v) is 0.634. The average molecular weight is 181 g/mol. The van der Waals surface area contributed by atoms with E-state index in [1.807, 2.05) is 0 Å². The molecule has 0 fully saturated rings. The van der Waals surface area contributed by atoms with E-state index in [9.17, 15) is 4.79 Å². The van der Waals surface area contributed by atoms with Gasteiger partial charge < -0.3 is 5.11 Å². The molecule has 0 saturated heterocycles. The number of carboxylic acid groups (broad SMARTS) is 1. The molecular weight excluding hydrogens is 167 g/mol. The van der Waals surface area contributed by atoms with E-state index in [2.05, 4.69) is 6.92 Å². The molecule has 59 valence electrons. The van der Waals surface area contributed by atoms with Crippen LogP contribution in [0.25, 0.3) is 0 Å². The van der Waals surface area contributed by atoms with Gasteiger partial charge in [-0.25, -0.2) is 0 Å². The van der Waals surface area contributed by atoms with Crippen molar-refractivity contribution in [3.8, 4) is 0 Å². The third kappa shape index (κ3) is 6.18. The number of carboxylic acids is 1. The van der Waals surface area contributed by atoms with Gasteiger partial charge in [0.05, 0.1) is 5.92 Å². The van der Waals surface area contributed by atoms with Crippen molar-refractivity contribution >= 4 is 5.97 Å². The maximum Gasteiger partial charge on any atom is 0.306 e. The molecule has 0 aromatic heterocycles. The number of hydrogen-bond acceptors (Lipinski definition) is 1. The van der Waals surface area contributed by atoms with Crippen LogP contribution in [-0.4, -0.2) is 11.1 Å². The molecular formula is C7H14O2V. The molecule has 10 heavy (non-hydrogen) atoms. The Hall–Kier alpha value is 0.0544. The van der Waals surface area contributed by atoms with Crippen LogP contribution in [0.15, 0.2) is 0 Å². The van der Waals surface area contributed by atoms with E-state index in [-0.39, 0.29) is 24.5 Å². The summed E-state index contributed by atoms with van der Waals surface area (Å²) in [5.74, 6) is -0.839. The SMILES string of the molecule is CCCCC(C)C(=O)O.[V]. The molecule has 0 aromatic carbocycles. The van der Waals surface area contributed by atoms with Gasteiger partial charge >= 0.3 is 5.97 Å². The van der Waals surface area contributed by atoms with Crippen LogP contribution >= 0.6 is 0 Å². The Balaban J connectivity index is 0. The van der Waals surface area contributed by atoms with Crippen LogP contribution in [0.3, 0.4) is 0 Å². The molecule has 1 N–H and O–H groups in total. The largest absolute Gasteiger partial charge is 0.481 e. The maximum absolute atomic E-state index is 10.2. The molecule has 0 aliphatic carbocycles. The summed E-state index contributed by atoms with van der Waals surface area (Å²) in [5.41, 5.74) is 0. The zero-order valence-electron chi connectivity index (χ0n) is 6.50. The van der Waals surface area contributed by atoms with Gasteiger partial charge in [0.25, 0.3) is 0 Å². The fraction of sp³-hybridized carbons (Fsp3) is 0.857. The minimum absolute atomic E-state index is 0. The molecule has 0 rings (SSSR count). The summed E-state index contributed by atoms with van der Waals surface area (Å²) in [5, 5.41) is 8.41. The summed E-state index contributed by atoms with van der Waals surface area (Å²) in [7, 11) is 0. The topological polar surface area (TPSA) is 37.3 Å². The third-order valence-corrected chi connectivity index (χ3v) is 1.41. The Bertz CT molecular complexity index is 93.6. The summed E-state index contributed by atoms with van der Waals surface area (Å²) in [4.78, 5) is 10.2. The summed E-state index contributed by atoms with van der Waals surface area (Å²) >= 11 is 0. The number of aliphatic carboxylic acids is 1. The first-order chi connectivity index (χ1) is 4.18. The van der Waals surface area contributed by atoms with Crippen molar-refractivity contribution in [2.75, 3.05) is 0 Å². The Labute approximate surface area is 73.9 Å². The van der Waals surface area contributed by atoms with Crippen LogP contribution in [0.5, 0.6) is 0 Å². The van der Waals surface area contributed by atoms with Gasteiger partial charge in [0.2, 0.25) is 0 Å². The van der Waals surface area contributed by atoms with Crippen molar-refractivity contribution in [3.05, 3.63) is 0 Å². The van der Waals surface area contributed by atoms with E-state index >= 15 is 0 Å². The van der Waals surface area contributed by atoms with Crippen LogP contribution in [-0.2, 0) is 23.4 Å². The van der Waals surface area contributed by atoms with E-state index in [1.165, 1.54) is 0 Å². The standard InChI is InChI=1S/C7H14O2.V/c1-3-4-5-6(2)7(8)9;/h6H,3-5H2,1-2H3,(H,8,9);. The van der Waals surface area contributed by atoms with Gasteiger partial charge in [-0.05, 0) is 6.42 Å². The van der Waals surface area contributed by atoms with Gasteiger partial charge in [0.15, 0.2) is 0 Å². The molecule has 0 aliphatic heterocycles. The molecule has 1 radical (unpaired) electrons. The fourth-order valence-electron chi connectivity index (χ4n) is 0.634. The number of unbranched alkanes of at least 4 members (excludes halogenated alkanes) is 1. The van der Waals surface area contributed by atoms with Crippen molar-refractivity contribution < 1.29 is 28.5 Å². The number of carbonyl (C=O) groups is 1.